The molecule has 0 aliphatic carbocycles. The van der Waals surface area contributed by atoms with Crippen LogP contribution in [0.5, 0.6) is 46.0 Å². The molecule has 7 aromatic carbocycles. The van der Waals surface area contributed by atoms with Crippen molar-refractivity contribution in [2.45, 2.75) is 312 Å². The summed E-state index contributed by atoms with van der Waals surface area (Å²) in [4.78, 5) is 35.3. The molecule has 0 amide bonds. The summed E-state index contributed by atoms with van der Waals surface area (Å²) in [5, 5.41) is 10.4. The summed E-state index contributed by atoms with van der Waals surface area (Å²) >= 11 is 0.962. The van der Waals surface area contributed by atoms with Gasteiger partial charge in [0.1, 0.15) is 57.0 Å². The lowest BCUT2D eigenvalue weighted by atomic mass is 10.0. The molecule has 8 bridgehead atoms. The minimum atomic E-state index is -1.09. The molecule has 6 heterocycles. The van der Waals surface area contributed by atoms with Gasteiger partial charge in [-0.05, 0) is 196 Å². The lowest BCUT2D eigenvalue weighted by Gasteiger charge is -2.27. The molecule has 3 N–H and O–H groups in total. The molecule has 2 aliphatic rings. The number of hydrogen-bond acceptors (Lipinski definition) is 15. The average molecular weight is 1900 g/mol. The number of ether oxygens (including phenoxy) is 8. The Morgan fingerprint density at radius 2 is 0.647 bits per heavy atom. The first-order valence-corrected chi connectivity index (χ1v) is 54.0. The maximum absolute atomic E-state index is 12.8. The molecular weight excluding hydrogens is 1740 g/mol. The van der Waals surface area contributed by atoms with E-state index in [1.807, 2.05) is 6.08 Å². The third-order valence-electron chi connectivity index (χ3n) is 26.2. The number of hydrogen-bond donors (Lipinski definition) is 3. The smallest absolute Gasteiger partial charge is 0.338 e. The van der Waals surface area contributed by atoms with E-state index < -0.39 is 5.97 Å². The largest absolute Gasteiger partial charge is 0.493 e. The van der Waals surface area contributed by atoms with Gasteiger partial charge in [0.15, 0.2) is 0 Å². The van der Waals surface area contributed by atoms with E-state index in [-0.39, 0.29) is 11.1 Å². The molecule has 0 unspecified atom stereocenters. The molecule has 0 atom stereocenters. The third-order valence-corrected chi connectivity index (χ3v) is 26.8. The van der Waals surface area contributed by atoms with Crippen LogP contribution in [0.3, 0.4) is 0 Å². The van der Waals surface area contributed by atoms with Crippen molar-refractivity contribution in [3.05, 3.63) is 197 Å². The van der Waals surface area contributed by atoms with Crippen LogP contribution in [0.2, 0.25) is 0 Å². The SMILES string of the molecule is CCCCCCCCOc1cccc(OCCCCCCCC)c1-c1c2nc(c(N(c3ccc(-c4ccc(OCCCCCC)cc4OCCCCCC)cc3)c3ccc(-c4ccc(OCCCCCC)cc4OCCCCCC)cc3)c3ccc([nH]3)c(-c3c(OCCCCCCCC)cccc3OCCCCCCCC)c3nc(c(C#Cc4ccc(C(=O)O)c5nsnc45)c4ccc1[nH]4)C=C3)C=C2. The van der Waals surface area contributed by atoms with Crippen LogP contribution in [-0.4, -0.2) is 92.6 Å². The van der Waals surface area contributed by atoms with E-state index in [2.05, 4.69) is 255 Å². The number of rotatable bonds is 64. The molecule has 11 aromatic rings. The van der Waals surface area contributed by atoms with Crippen LogP contribution in [0.4, 0.5) is 17.1 Å². The number of benzene rings is 7. The highest BCUT2D eigenvalue weighted by Crippen LogP contribution is 2.50. The normalized spacial score (nSPS) is 11.6. The second-order valence-electron chi connectivity index (χ2n) is 37.3. The zero-order valence-electron chi connectivity index (χ0n) is 84.5. The topological polar surface area (TPSA) is 198 Å². The number of aromatic nitrogens is 6. The zero-order valence-corrected chi connectivity index (χ0v) is 85.3. The van der Waals surface area contributed by atoms with Gasteiger partial charge < -0.3 is 57.9 Å². The van der Waals surface area contributed by atoms with Crippen molar-refractivity contribution in [2.75, 3.05) is 57.8 Å². The van der Waals surface area contributed by atoms with Crippen molar-refractivity contribution in [2.24, 2.45) is 0 Å². The highest BCUT2D eigenvalue weighted by molar-refractivity contribution is 7.00. The molecule has 738 valence electrons. The fourth-order valence-electron chi connectivity index (χ4n) is 18.4. The molecular formula is C121H153N7O10S. The number of carboxylic acid groups (broad SMARTS) is 1. The zero-order chi connectivity index (χ0) is 96.8. The molecule has 0 spiro atoms. The minimum Gasteiger partial charge on any atom is -0.493 e. The average Bonchev–Trinajstić information content (AvgIpc) is 1.60. The van der Waals surface area contributed by atoms with E-state index >= 15 is 0 Å². The van der Waals surface area contributed by atoms with Crippen molar-refractivity contribution >= 4 is 92.2 Å². The van der Waals surface area contributed by atoms with Crippen LogP contribution in [0.25, 0.3) is 102 Å². The van der Waals surface area contributed by atoms with Gasteiger partial charge in [-0.2, -0.15) is 8.75 Å². The Hall–Kier alpha value is -11.8. The fourth-order valence-corrected chi connectivity index (χ4v) is 18.9. The quantitative estimate of drug-likeness (QED) is 0.0240. The van der Waals surface area contributed by atoms with Gasteiger partial charge >= 0.3 is 5.97 Å². The fraction of sp³-hybridized carbons (Fsp3) is 0.463. The number of carbonyl (C=O) groups is 1. The Balaban J connectivity index is 1.12. The first kappa shape index (κ1) is 105. The summed E-state index contributed by atoms with van der Waals surface area (Å²) in [6, 6.07) is 54.8. The number of nitrogens with one attached hydrogen (secondary N) is 2. The van der Waals surface area contributed by atoms with Gasteiger partial charge in [0.25, 0.3) is 0 Å². The summed E-state index contributed by atoms with van der Waals surface area (Å²) in [6.07, 6.45) is 52.4. The lowest BCUT2D eigenvalue weighted by Crippen LogP contribution is -2.12. The predicted molar refractivity (Wildman–Crippen MR) is 580 cm³/mol. The summed E-state index contributed by atoms with van der Waals surface area (Å²) < 4.78 is 64.8. The first-order valence-electron chi connectivity index (χ1n) is 53.3. The second-order valence-corrected chi connectivity index (χ2v) is 37.8. The summed E-state index contributed by atoms with van der Waals surface area (Å²) in [5.41, 5.74) is 16.7. The Bertz CT molecular complexity index is 5680. The van der Waals surface area contributed by atoms with Crippen LogP contribution >= 0.6 is 11.7 Å². The van der Waals surface area contributed by atoms with Gasteiger partial charge in [-0.3, -0.25) is 0 Å². The Morgan fingerprint density at radius 1 is 0.317 bits per heavy atom. The number of aromatic carboxylic acids is 1. The van der Waals surface area contributed by atoms with Gasteiger partial charge in [0.2, 0.25) is 0 Å². The number of anilines is 3. The molecule has 17 nitrogen and oxygen atoms in total. The standard InChI is InChI=1S/C121H153N7O10S/c1-9-17-25-33-37-45-81-133-108-51-49-52-109(134-82-46-38-34-26-18-10-2)116(108)114-102-73-71-100(122-102)98(67-59-91-60-68-99(121(129)130)119-118(91)126-139-127-119)101-72-74-103(123-101)115(117-110(135-83-47-39-35-27-19-11-3)53-50-54-111(117)136-84-48-40-36-28-20-12-4)105-76-78-107(125-105)120(106-77-75-104(114)124-106)128(92-61-55-89(56-62-92)96-69-65-94(131-79-41-29-21-13-5)87-112(96)137-85-43-31-23-15-7)93-63-57-90(58-64-93)97-70-66-95(132-80-42-30-22-14-6)88-113(97)138-86-44-32-24-16-8/h49-58,60-66,68-78,87-88,122,125H,9-48,79-86H2,1-8H3,(H,129,130). The predicted octanol–water partition coefficient (Wildman–Crippen LogP) is 34.7. The molecule has 18 heteroatoms. The van der Waals surface area contributed by atoms with Gasteiger partial charge in [-0.1, -0.05) is 309 Å². The van der Waals surface area contributed by atoms with E-state index in [4.69, 9.17) is 47.9 Å². The molecule has 0 radical (unpaired) electrons. The Labute approximate surface area is 832 Å². The number of H-pyrrole nitrogens is 2. The highest BCUT2D eigenvalue weighted by atomic mass is 32.1. The number of carboxylic acids is 1. The van der Waals surface area contributed by atoms with Gasteiger partial charge in [0.05, 0.1) is 132 Å². The second kappa shape index (κ2) is 57.7. The van der Waals surface area contributed by atoms with Crippen LogP contribution in [0, 0.1) is 11.8 Å². The van der Waals surface area contributed by atoms with E-state index in [1.165, 1.54) is 89.9 Å². The van der Waals surface area contributed by atoms with Crippen molar-refractivity contribution in [3.8, 4) is 102 Å². The maximum atomic E-state index is 12.8. The van der Waals surface area contributed by atoms with Crippen LogP contribution in [0.1, 0.15) is 356 Å². The van der Waals surface area contributed by atoms with E-state index in [1.54, 1.807) is 12.1 Å². The Kier molecular flexibility index (Phi) is 43.4. The maximum Gasteiger partial charge on any atom is 0.338 e. The molecule has 4 aromatic heterocycles. The van der Waals surface area contributed by atoms with Crippen molar-refractivity contribution in [3.63, 3.8) is 0 Å². The minimum absolute atomic E-state index is 0.0544. The van der Waals surface area contributed by atoms with Crippen molar-refractivity contribution in [1.29, 1.82) is 0 Å². The van der Waals surface area contributed by atoms with Gasteiger partial charge in [-0.25, -0.2) is 14.8 Å². The summed E-state index contributed by atoms with van der Waals surface area (Å²) in [6.45, 7) is 22.5. The molecule has 0 fully saturated rings. The number of unbranched alkanes of at least 4 members (excludes halogenated alkanes) is 32. The van der Waals surface area contributed by atoms with Crippen LogP contribution in [-0.2, 0) is 0 Å². The molecule has 13 rings (SSSR count). The Morgan fingerprint density at radius 3 is 1.05 bits per heavy atom. The van der Waals surface area contributed by atoms with Crippen molar-refractivity contribution < 1.29 is 47.8 Å². The lowest BCUT2D eigenvalue weighted by molar-refractivity contribution is 0.0698. The number of fused-ring (bicyclic) bond motifs is 9. The van der Waals surface area contributed by atoms with Crippen molar-refractivity contribution in [1.82, 2.24) is 28.7 Å². The van der Waals surface area contributed by atoms with Gasteiger partial charge in [-0.15, -0.1) is 0 Å². The molecule has 0 saturated carbocycles. The van der Waals surface area contributed by atoms with E-state index in [0.717, 1.165) is 280 Å². The molecule has 139 heavy (non-hydrogen) atoms. The summed E-state index contributed by atoms with van der Waals surface area (Å²) in [7, 11) is 0. The van der Waals surface area contributed by atoms with Gasteiger partial charge in [0, 0.05) is 56.8 Å². The van der Waals surface area contributed by atoms with E-state index in [9.17, 15) is 9.90 Å². The van der Waals surface area contributed by atoms with E-state index in [0.29, 0.717) is 121 Å². The number of aromatic amines is 2. The number of nitrogens with zero attached hydrogens (tertiary/aromatic N) is 5. The molecule has 0 saturated heterocycles. The van der Waals surface area contributed by atoms with Crippen LogP contribution < -0.4 is 42.8 Å². The molecule has 2 aliphatic heterocycles. The van der Waals surface area contributed by atoms with Crippen LogP contribution in [0.15, 0.2) is 158 Å². The summed E-state index contributed by atoms with van der Waals surface area (Å²) in [5.74, 6) is 11.9. The first-order chi connectivity index (χ1) is 68.6. The monoisotopic (exact) mass is 1900 g/mol. The third kappa shape index (κ3) is 30.1. The highest BCUT2D eigenvalue weighted by Gasteiger charge is 2.29.